The van der Waals surface area contributed by atoms with Crippen molar-refractivity contribution >= 4 is 6.03 Å². The van der Waals surface area contributed by atoms with Gasteiger partial charge in [-0.05, 0) is 67.2 Å². The number of piperidine rings is 1. The monoisotopic (exact) mass is 434 g/mol. The lowest BCUT2D eigenvalue weighted by molar-refractivity contribution is 0.156. The molecule has 1 atom stereocenters. The number of urea groups is 1. The zero-order chi connectivity index (χ0) is 22.5. The van der Waals surface area contributed by atoms with E-state index in [1.54, 1.807) is 12.1 Å². The Morgan fingerprint density at radius 3 is 2.28 bits per heavy atom. The van der Waals surface area contributed by atoms with Crippen molar-refractivity contribution in [3.8, 4) is 5.75 Å². The molecule has 1 aromatic heterocycles. The molecule has 0 unspecified atom stereocenters. The number of carbonyl (C=O) groups excluding carboxylic acids is 1. The van der Waals surface area contributed by atoms with E-state index in [1.165, 1.54) is 11.1 Å². The SMILES string of the molecule is NC(=O)N(N)Cc1ccc(CN2CCC([C@H](c3ccccc3)c3ccc(O)cc3)CC2)o1. The Kier molecular flexibility index (Phi) is 6.78. The number of nitrogens with zero attached hydrogens (tertiary/aromatic N) is 2. The van der Waals surface area contributed by atoms with E-state index in [0.29, 0.717) is 23.3 Å². The fourth-order valence-corrected chi connectivity index (χ4v) is 4.58. The number of carbonyl (C=O) groups is 1. The van der Waals surface area contributed by atoms with Crippen LogP contribution in [0, 0.1) is 5.92 Å². The largest absolute Gasteiger partial charge is 0.508 e. The van der Waals surface area contributed by atoms with Crippen molar-refractivity contribution in [3.63, 3.8) is 0 Å². The number of hydrogen-bond acceptors (Lipinski definition) is 5. The summed E-state index contributed by atoms with van der Waals surface area (Å²) in [5, 5.41) is 10.7. The van der Waals surface area contributed by atoms with Crippen LogP contribution in [-0.4, -0.2) is 34.1 Å². The highest BCUT2D eigenvalue weighted by molar-refractivity contribution is 5.71. The molecular weight excluding hydrogens is 404 g/mol. The molecule has 32 heavy (non-hydrogen) atoms. The van der Waals surface area contributed by atoms with E-state index >= 15 is 0 Å². The Labute approximate surface area is 188 Å². The number of primary amides is 1. The Balaban J connectivity index is 1.40. The molecule has 0 spiro atoms. The lowest BCUT2D eigenvalue weighted by Gasteiger charge is -2.36. The highest BCUT2D eigenvalue weighted by Crippen LogP contribution is 2.38. The quantitative estimate of drug-likeness (QED) is 0.298. The second-order valence-corrected chi connectivity index (χ2v) is 8.43. The first-order valence-corrected chi connectivity index (χ1v) is 10.9. The Hall–Kier alpha value is -3.29. The van der Waals surface area contributed by atoms with Crippen LogP contribution in [0.4, 0.5) is 4.79 Å². The van der Waals surface area contributed by atoms with Crippen molar-refractivity contribution in [2.45, 2.75) is 31.8 Å². The van der Waals surface area contributed by atoms with Gasteiger partial charge in [0, 0.05) is 5.92 Å². The van der Waals surface area contributed by atoms with Crippen molar-refractivity contribution in [3.05, 3.63) is 89.4 Å². The van der Waals surface area contributed by atoms with E-state index in [2.05, 4.69) is 29.2 Å². The minimum atomic E-state index is -0.688. The topological polar surface area (TPSA) is 109 Å². The number of amides is 2. The number of aromatic hydroxyl groups is 1. The summed E-state index contributed by atoms with van der Waals surface area (Å²) in [6.07, 6.45) is 2.15. The van der Waals surface area contributed by atoms with Crippen molar-refractivity contribution in [1.82, 2.24) is 9.91 Å². The van der Waals surface area contributed by atoms with Gasteiger partial charge in [0.1, 0.15) is 17.3 Å². The van der Waals surface area contributed by atoms with Crippen LogP contribution in [0.3, 0.4) is 0 Å². The number of phenols is 1. The van der Waals surface area contributed by atoms with Gasteiger partial charge in [0.25, 0.3) is 0 Å². The van der Waals surface area contributed by atoms with Gasteiger partial charge in [-0.1, -0.05) is 42.5 Å². The fraction of sp³-hybridized carbons (Fsp3) is 0.320. The molecule has 2 amide bonds. The molecule has 7 heteroatoms. The van der Waals surface area contributed by atoms with Gasteiger partial charge in [0.2, 0.25) is 0 Å². The highest BCUT2D eigenvalue weighted by Gasteiger charge is 2.29. The number of hydrazine groups is 1. The minimum Gasteiger partial charge on any atom is -0.508 e. The predicted octanol–water partition coefficient (Wildman–Crippen LogP) is 3.78. The summed E-state index contributed by atoms with van der Waals surface area (Å²) in [6.45, 7) is 2.84. The molecule has 3 aromatic rings. The van der Waals surface area contributed by atoms with Gasteiger partial charge in [-0.15, -0.1) is 0 Å². The van der Waals surface area contributed by atoms with Crippen LogP contribution >= 0.6 is 0 Å². The second kappa shape index (κ2) is 9.89. The molecule has 2 heterocycles. The Bertz CT molecular complexity index is 1010. The standard InChI is InChI=1S/C25H30N4O3/c26-25(31)29(27)17-23-11-10-22(32-23)16-28-14-12-20(13-15-28)24(18-4-2-1-3-5-18)19-6-8-21(30)9-7-19/h1-11,20,24,30H,12-17,27H2,(H2,26,31)/t24-/m1/s1. The number of rotatable bonds is 7. The number of nitrogens with two attached hydrogens (primary N) is 2. The van der Waals surface area contributed by atoms with Gasteiger partial charge >= 0.3 is 6.03 Å². The number of likely N-dealkylation sites (tertiary alicyclic amines) is 1. The maximum Gasteiger partial charge on any atom is 0.329 e. The van der Waals surface area contributed by atoms with Crippen molar-refractivity contribution in [2.24, 2.45) is 17.5 Å². The van der Waals surface area contributed by atoms with Crippen LogP contribution in [0.25, 0.3) is 0 Å². The van der Waals surface area contributed by atoms with Crippen LogP contribution in [-0.2, 0) is 13.1 Å². The second-order valence-electron chi connectivity index (χ2n) is 8.43. The molecule has 1 saturated heterocycles. The Morgan fingerprint density at radius 2 is 1.62 bits per heavy atom. The zero-order valence-electron chi connectivity index (χ0n) is 18.1. The molecule has 0 bridgehead atoms. The highest BCUT2D eigenvalue weighted by atomic mass is 16.3. The first-order chi connectivity index (χ1) is 15.5. The van der Waals surface area contributed by atoms with Gasteiger partial charge in [-0.25, -0.2) is 10.6 Å². The third-order valence-electron chi connectivity index (χ3n) is 6.22. The summed E-state index contributed by atoms with van der Waals surface area (Å²) in [7, 11) is 0. The van der Waals surface area contributed by atoms with Gasteiger partial charge in [0.15, 0.2) is 0 Å². The molecule has 2 aromatic carbocycles. The molecule has 1 aliphatic rings. The lowest BCUT2D eigenvalue weighted by atomic mass is 9.76. The summed E-state index contributed by atoms with van der Waals surface area (Å²) >= 11 is 0. The number of benzene rings is 2. The first kappa shape index (κ1) is 21.9. The molecule has 0 aliphatic carbocycles. The number of furan rings is 1. The van der Waals surface area contributed by atoms with E-state index in [0.717, 1.165) is 43.2 Å². The van der Waals surface area contributed by atoms with Crippen LogP contribution in [0.1, 0.15) is 41.4 Å². The molecule has 0 radical (unpaired) electrons. The van der Waals surface area contributed by atoms with E-state index < -0.39 is 6.03 Å². The van der Waals surface area contributed by atoms with Crippen LogP contribution in [0.15, 0.2) is 71.1 Å². The van der Waals surface area contributed by atoms with Crippen molar-refractivity contribution < 1.29 is 14.3 Å². The number of hydrogen-bond donors (Lipinski definition) is 3. The van der Waals surface area contributed by atoms with E-state index in [4.69, 9.17) is 16.0 Å². The molecule has 5 N–H and O–H groups in total. The zero-order valence-corrected chi connectivity index (χ0v) is 18.1. The van der Waals surface area contributed by atoms with E-state index in [9.17, 15) is 9.90 Å². The third-order valence-corrected chi connectivity index (χ3v) is 6.22. The molecule has 7 nitrogen and oxygen atoms in total. The summed E-state index contributed by atoms with van der Waals surface area (Å²) < 4.78 is 5.84. The molecule has 1 fully saturated rings. The molecular formula is C25H30N4O3. The lowest BCUT2D eigenvalue weighted by Crippen LogP contribution is -2.40. The van der Waals surface area contributed by atoms with E-state index in [1.807, 2.05) is 30.3 Å². The van der Waals surface area contributed by atoms with Crippen LogP contribution in [0.5, 0.6) is 5.75 Å². The molecule has 168 valence electrons. The first-order valence-electron chi connectivity index (χ1n) is 10.9. The van der Waals surface area contributed by atoms with Gasteiger partial charge in [0.05, 0.1) is 13.1 Å². The average Bonchev–Trinajstić information content (AvgIpc) is 3.24. The van der Waals surface area contributed by atoms with E-state index in [-0.39, 0.29) is 6.54 Å². The predicted molar refractivity (Wildman–Crippen MR) is 122 cm³/mol. The van der Waals surface area contributed by atoms with Crippen molar-refractivity contribution in [1.29, 1.82) is 0 Å². The number of phenolic OH excluding ortho intramolecular Hbond substituents is 1. The smallest absolute Gasteiger partial charge is 0.329 e. The average molecular weight is 435 g/mol. The third kappa shape index (κ3) is 5.30. The maximum atomic E-state index is 11.1. The molecule has 4 rings (SSSR count). The normalized spacial score (nSPS) is 16.0. The molecule has 0 saturated carbocycles. The van der Waals surface area contributed by atoms with Crippen LogP contribution < -0.4 is 11.6 Å². The Morgan fingerprint density at radius 1 is 1.00 bits per heavy atom. The maximum absolute atomic E-state index is 11.1. The summed E-state index contributed by atoms with van der Waals surface area (Å²) in [6, 6.07) is 21.3. The van der Waals surface area contributed by atoms with Gasteiger partial charge in [-0.3, -0.25) is 9.91 Å². The summed E-state index contributed by atoms with van der Waals surface area (Å²) in [4.78, 5) is 13.5. The fourth-order valence-electron chi connectivity index (χ4n) is 4.58. The summed E-state index contributed by atoms with van der Waals surface area (Å²) in [5.41, 5.74) is 7.72. The van der Waals surface area contributed by atoms with Gasteiger partial charge < -0.3 is 15.3 Å². The molecule has 1 aliphatic heterocycles. The van der Waals surface area contributed by atoms with Crippen molar-refractivity contribution in [2.75, 3.05) is 13.1 Å². The van der Waals surface area contributed by atoms with Crippen LogP contribution in [0.2, 0.25) is 0 Å². The van der Waals surface area contributed by atoms with Gasteiger partial charge in [-0.2, -0.15) is 0 Å². The summed E-state index contributed by atoms with van der Waals surface area (Å²) in [5.74, 6) is 8.16. The minimum absolute atomic E-state index is 0.156.